The zero-order chi connectivity index (χ0) is 12.0. The van der Waals surface area contributed by atoms with Crippen LogP contribution in [0.5, 0.6) is 0 Å². The quantitative estimate of drug-likeness (QED) is 0.831. The molecule has 0 bridgehead atoms. The number of hydrogen-bond acceptors (Lipinski definition) is 2. The number of nitrogens with two attached hydrogens (primary N) is 1. The molecule has 0 heterocycles. The number of amides is 1. The molecule has 3 heteroatoms. The van der Waals surface area contributed by atoms with E-state index in [0.29, 0.717) is 0 Å². The predicted molar refractivity (Wildman–Crippen MR) is 64.1 cm³/mol. The highest BCUT2D eigenvalue weighted by Crippen LogP contribution is 2.18. The SMILES string of the molecule is CC(C)(CCCc1ccccc1)OC(N)=O. The van der Waals surface area contributed by atoms with Crippen molar-refractivity contribution in [3.8, 4) is 0 Å². The van der Waals surface area contributed by atoms with Crippen LogP contribution < -0.4 is 5.73 Å². The van der Waals surface area contributed by atoms with Crippen molar-refractivity contribution in [2.45, 2.75) is 38.7 Å². The predicted octanol–water partition coefficient (Wildman–Crippen LogP) is 2.88. The minimum Gasteiger partial charge on any atom is -0.444 e. The van der Waals surface area contributed by atoms with Crippen LogP contribution in [0, 0.1) is 0 Å². The van der Waals surface area contributed by atoms with Gasteiger partial charge in [0.1, 0.15) is 5.60 Å². The molecule has 0 atom stereocenters. The molecule has 16 heavy (non-hydrogen) atoms. The fraction of sp³-hybridized carbons (Fsp3) is 0.462. The number of aryl methyl sites for hydroxylation is 1. The van der Waals surface area contributed by atoms with Gasteiger partial charge in [0.15, 0.2) is 0 Å². The van der Waals surface area contributed by atoms with Crippen LogP contribution in [0.3, 0.4) is 0 Å². The largest absolute Gasteiger partial charge is 0.444 e. The Balaban J connectivity index is 2.32. The minimum atomic E-state index is -0.704. The second-order valence-electron chi connectivity index (χ2n) is 4.52. The summed E-state index contributed by atoms with van der Waals surface area (Å²) in [5.41, 5.74) is 5.83. The summed E-state index contributed by atoms with van der Waals surface area (Å²) in [4.78, 5) is 10.6. The molecule has 0 aliphatic rings. The van der Waals surface area contributed by atoms with Gasteiger partial charge in [-0.15, -0.1) is 0 Å². The third-order valence-corrected chi connectivity index (χ3v) is 2.46. The maximum absolute atomic E-state index is 10.6. The molecular weight excluding hydrogens is 202 g/mol. The van der Waals surface area contributed by atoms with Gasteiger partial charge in [-0.2, -0.15) is 0 Å². The number of carbonyl (C=O) groups excluding carboxylic acids is 1. The first kappa shape index (κ1) is 12.6. The summed E-state index contributed by atoms with van der Waals surface area (Å²) in [6.45, 7) is 3.76. The average Bonchev–Trinajstić information content (AvgIpc) is 2.16. The van der Waals surface area contributed by atoms with E-state index in [-0.39, 0.29) is 0 Å². The molecule has 0 aromatic heterocycles. The number of carbonyl (C=O) groups is 1. The van der Waals surface area contributed by atoms with E-state index in [1.165, 1.54) is 5.56 Å². The molecule has 0 radical (unpaired) electrons. The molecule has 0 saturated carbocycles. The lowest BCUT2D eigenvalue weighted by Gasteiger charge is -2.23. The second-order valence-corrected chi connectivity index (χ2v) is 4.52. The molecule has 1 aromatic carbocycles. The third-order valence-electron chi connectivity index (χ3n) is 2.46. The van der Waals surface area contributed by atoms with Crippen LogP contribution in [0.1, 0.15) is 32.3 Å². The highest BCUT2D eigenvalue weighted by atomic mass is 16.6. The summed E-state index contributed by atoms with van der Waals surface area (Å²) >= 11 is 0. The zero-order valence-corrected chi connectivity index (χ0v) is 9.90. The van der Waals surface area contributed by atoms with Crippen molar-refractivity contribution < 1.29 is 9.53 Å². The Hall–Kier alpha value is -1.51. The molecule has 2 N–H and O–H groups in total. The van der Waals surface area contributed by atoms with Crippen molar-refractivity contribution in [3.63, 3.8) is 0 Å². The number of rotatable bonds is 5. The standard InChI is InChI=1S/C13H19NO2/c1-13(2,16-12(14)15)10-6-9-11-7-4-3-5-8-11/h3-5,7-8H,6,9-10H2,1-2H3,(H2,14,15). The summed E-state index contributed by atoms with van der Waals surface area (Å²) in [6, 6.07) is 10.3. The van der Waals surface area contributed by atoms with Crippen molar-refractivity contribution in [3.05, 3.63) is 35.9 Å². The molecule has 0 fully saturated rings. The lowest BCUT2D eigenvalue weighted by atomic mass is 9.99. The van der Waals surface area contributed by atoms with E-state index in [1.54, 1.807) is 0 Å². The van der Waals surface area contributed by atoms with E-state index in [0.717, 1.165) is 19.3 Å². The van der Waals surface area contributed by atoms with Crippen molar-refractivity contribution in [2.24, 2.45) is 5.73 Å². The number of primary amides is 1. The Labute approximate surface area is 96.6 Å². The van der Waals surface area contributed by atoms with E-state index in [1.807, 2.05) is 32.0 Å². The summed E-state index contributed by atoms with van der Waals surface area (Å²) in [7, 11) is 0. The molecular formula is C13H19NO2. The Bertz CT molecular complexity index is 333. The van der Waals surface area contributed by atoms with Gasteiger partial charge in [0.25, 0.3) is 0 Å². The van der Waals surface area contributed by atoms with Crippen molar-refractivity contribution in [1.29, 1.82) is 0 Å². The smallest absolute Gasteiger partial charge is 0.405 e. The molecule has 0 unspecified atom stereocenters. The van der Waals surface area contributed by atoms with Crippen LogP contribution in [0.15, 0.2) is 30.3 Å². The van der Waals surface area contributed by atoms with Crippen LogP contribution in [0.25, 0.3) is 0 Å². The normalized spacial score (nSPS) is 11.1. The summed E-state index contributed by atoms with van der Waals surface area (Å²) in [5.74, 6) is 0. The molecule has 0 saturated heterocycles. The van der Waals surface area contributed by atoms with Gasteiger partial charge < -0.3 is 10.5 Å². The minimum absolute atomic E-state index is 0.472. The molecule has 88 valence electrons. The summed E-state index contributed by atoms with van der Waals surface area (Å²) in [6.07, 6.45) is 2.08. The molecule has 1 amide bonds. The van der Waals surface area contributed by atoms with Gasteiger partial charge in [0, 0.05) is 0 Å². The highest BCUT2D eigenvalue weighted by molar-refractivity contribution is 5.65. The molecule has 1 rings (SSSR count). The van der Waals surface area contributed by atoms with E-state index in [4.69, 9.17) is 10.5 Å². The highest BCUT2D eigenvalue weighted by Gasteiger charge is 2.20. The average molecular weight is 221 g/mol. The van der Waals surface area contributed by atoms with Crippen LogP contribution >= 0.6 is 0 Å². The lowest BCUT2D eigenvalue weighted by Crippen LogP contribution is -2.31. The number of benzene rings is 1. The monoisotopic (exact) mass is 221 g/mol. The maximum Gasteiger partial charge on any atom is 0.405 e. The van der Waals surface area contributed by atoms with Gasteiger partial charge in [0.05, 0.1) is 0 Å². The molecule has 0 spiro atoms. The first-order valence-electron chi connectivity index (χ1n) is 5.52. The summed E-state index contributed by atoms with van der Waals surface area (Å²) < 4.78 is 5.01. The second kappa shape index (κ2) is 5.54. The molecule has 0 aliphatic carbocycles. The Morgan fingerprint density at radius 1 is 1.31 bits per heavy atom. The molecule has 1 aromatic rings. The van der Waals surface area contributed by atoms with Gasteiger partial charge in [-0.25, -0.2) is 4.79 Å². The first-order valence-corrected chi connectivity index (χ1v) is 5.52. The van der Waals surface area contributed by atoms with Crippen LogP contribution in [0.2, 0.25) is 0 Å². The fourth-order valence-electron chi connectivity index (χ4n) is 1.69. The first-order chi connectivity index (χ1) is 7.49. The zero-order valence-electron chi connectivity index (χ0n) is 9.90. The van der Waals surface area contributed by atoms with E-state index in [9.17, 15) is 4.79 Å². The molecule has 0 aliphatic heterocycles. The van der Waals surface area contributed by atoms with E-state index < -0.39 is 11.7 Å². The lowest BCUT2D eigenvalue weighted by molar-refractivity contribution is 0.0378. The maximum atomic E-state index is 10.6. The van der Waals surface area contributed by atoms with Gasteiger partial charge in [-0.05, 0) is 38.7 Å². The topological polar surface area (TPSA) is 52.3 Å². The van der Waals surface area contributed by atoms with Crippen molar-refractivity contribution >= 4 is 6.09 Å². The van der Waals surface area contributed by atoms with Crippen molar-refractivity contribution in [1.82, 2.24) is 0 Å². The van der Waals surface area contributed by atoms with Crippen LogP contribution in [-0.4, -0.2) is 11.7 Å². The van der Waals surface area contributed by atoms with E-state index >= 15 is 0 Å². The summed E-state index contributed by atoms with van der Waals surface area (Å²) in [5, 5.41) is 0. The van der Waals surface area contributed by atoms with E-state index in [2.05, 4.69) is 12.1 Å². The van der Waals surface area contributed by atoms with Crippen LogP contribution in [0.4, 0.5) is 4.79 Å². The Kier molecular flexibility index (Phi) is 4.35. The van der Waals surface area contributed by atoms with Gasteiger partial charge in [-0.1, -0.05) is 30.3 Å². The van der Waals surface area contributed by atoms with Crippen LogP contribution in [-0.2, 0) is 11.2 Å². The molecule has 3 nitrogen and oxygen atoms in total. The van der Waals surface area contributed by atoms with Gasteiger partial charge in [0.2, 0.25) is 0 Å². The Morgan fingerprint density at radius 3 is 2.50 bits per heavy atom. The van der Waals surface area contributed by atoms with Gasteiger partial charge >= 0.3 is 6.09 Å². The number of hydrogen-bond donors (Lipinski definition) is 1. The van der Waals surface area contributed by atoms with Gasteiger partial charge in [-0.3, -0.25) is 0 Å². The number of ether oxygens (including phenoxy) is 1. The fourth-order valence-corrected chi connectivity index (χ4v) is 1.69. The van der Waals surface area contributed by atoms with Crippen molar-refractivity contribution in [2.75, 3.05) is 0 Å². The third kappa shape index (κ3) is 4.82. The Morgan fingerprint density at radius 2 is 1.94 bits per heavy atom.